The lowest BCUT2D eigenvalue weighted by Gasteiger charge is -2.25. The molecule has 1 aromatic carbocycles. The molecule has 21 heavy (non-hydrogen) atoms. The Labute approximate surface area is 132 Å². The lowest BCUT2D eigenvalue weighted by Crippen LogP contribution is -2.43. The summed E-state index contributed by atoms with van der Waals surface area (Å²) < 4.78 is 0.836. The Morgan fingerprint density at radius 3 is 2.81 bits per heavy atom. The van der Waals surface area contributed by atoms with Gasteiger partial charge in [0, 0.05) is 16.6 Å². The average Bonchev–Trinajstić information content (AvgIpc) is 3.00. The van der Waals surface area contributed by atoms with Crippen molar-refractivity contribution in [3.05, 3.63) is 33.8 Å². The lowest BCUT2D eigenvalue weighted by atomic mass is 9.94. The number of aliphatic carboxylic acids is 1. The summed E-state index contributed by atoms with van der Waals surface area (Å²) in [6, 6.07) is 4.89. The summed E-state index contributed by atoms with van der Waals surface area (Å²) >= 11 is 3.38. The number of carbonyl (C=O) groups excluding carboxylic acids is 1. The fraction of sp³-hybridized carbons (Fsp3) is 0.500. The highest BCUT2D eigenvalue weighted by Crippen LogP contribution is 2.42. The summed E-state index contributed by atoms with van der Waals surface area (Å²) in [5.41, 5.74) is 1.47. The first kappa shape index (κ1) is 14.6. The molecule has 1 saturated heterocycles. The molecule has 5 heteroatoms. The number of fused-ring (bicyclic) bond motifs is 1. The minimum atomic E-state index is -0.870. The van der Waals surface area contributed by atoms with Crippen molar-refractivity contribution in [3.8, 4) is 0 Å². The molecule has 1 N–H and O–H groups in total. The molecule has 1 amide bonds. The minimum Gasteiger partial charge on any atom is -0.480 e. The highest BCUT2D eigenvalue weighted by atomic mass is 79.9. The van der Waals surface area contributed by atoms with Crippen molar-refractivity contribution in [2.45, 2.75) is 32.2 Å². The van der Waals surface area contributed by atoms with Crippen LogP contribution in [0.2, 0.25) is 0 Å². The molecule has 0 radical (unpaired) electrons. The first-order valence-corrected chi connectivity index (χ1v) is 8.08. The predicted molar refractivity (Wildman–Crippen MR) is 82.2 cm³/mol. The molecule has 2 fully saturated rings. The molecule has 112 valence electrons. The summed E-state index contributed by atoms with van der Waals surface area (Å²) in [6.07, 6.45) is 3.04. The summed E-state index contributed by atoms with van der Waals surface area (Å²) in [7, 11) is 0. The third kappa shape index (κ3) is 2.48. The number of halogens is 1. The maximum absolute atomic E-state index is 12.8. The van der Waals surface area contributed by atoms with Gasteiger partial charge in [0.25, 0.3) is 5.91 Å². The number of nitrogens with zero attached hydrogens (tertiary/aromatic N) is 1. The SMILES string of the molecule is Cc1ccc(Br)cc1C(=O)N1CC2CCCC2C1C(=O)O. The second kappa shape index (κ2) is 5.44. The molecule has 3 rings (SSSR count). The first-order valence-electron chi connectivity index (χ1n) is 7.29. The van der Waals surface area contributed by atoms with Gasteiger partial charge in [0.15, 0.2) is 0 Å². The van der Waals surface area contributed by atoms with Crippen LogP contribution in [0.1, 0.15) is 35.2 Å². The van der Waals surface area contributed by atoms with Crippen molar-refractivity contribution < 1.29 is 14.7 Å². The van der Waals surface area contributed by atoms with Crippen LogP contribution in [0, 0.1) is 18.8 Å². The molecular formula is C16H18BrNO3. The van der Waals surface area contributed by atoms with Crippen LogP contribution in [0.3, 0.4) is 0 Å². The molecule has 1 aliphatic heterocycles. The maximum Gasteiger partial charge on any atom is 0.326 e. The van der Waals surface area contributed by atoms with E-state index in [-0.39, 0.29) is 11.8 Å². The van der Waals surface area contributed by atoms with Crippen LogP contribution in [0.4, 0.5) is 0 Å². The number of amides is 1. The molecule has 3 unspecified atom stereocenters. The number of rotatable bonds is 2. The number of hydrogen-bond donors (Lipinski definition) is 1. The molecule has 1 aromatic rings. The highest BCUT2D eigenvalue weighted by molar-refractivity contribution is 9.10. The molecule has 3 atom stereocenters. The van der Waals surface area contributed by atoms with Crippen LogP contribution in [0.5, 0.6) is 0 Å². The molecule has 1 saturated carbocycles. The van der Waals surface area contributed by atoms with Crippen molar-refractivity contribution in [2.24, 2.45) is 11.8 Å². The summed E-state index contributed by atoms with van der Waals surface area (Å²) in [5, 5.41) is 9.55. The van der Waals surface area contributed by atoms with Gasteiger partial charge in [-0.15, -0.1) is 0 Å². The second-order valence-corrected chi connectivity index (χ2v) is 6.97. The maximum atomic E-state index is 12.8. The zero-order chi connectivity index (χ0) is 15.1. The zero-order valence-corrected chi connectivity index (χ0v) is 13.5. The fourth-order valence-electron chi connectivity index (χ4n) is 3.81. The smallest absolute Gasteiger partial charge is 0.326 e. The van der Waals surface area contributed by atoms with E-state index in [1.54, 1.807) is 11.0 Å². The Balaban J connectivity index is 1.93. The van der Waals surface area contributed by atoms with E-state index in [4.69, 9.17) is 0 Å². The van der Waals surface area contributed by atoms with Crippen LogP contribution in [-0.4, -0.2) is 34.5 Å². The molecule has 1 heterocycles. The van der Waals surface area contributed by atoms with E-state index in [0.29, 0.717) is 18.0 Å². The van der Waals surface area contributed by atoms with Crippen LogP contribution < -0.4 is 0 Å². The number of hydrogen-bond acceptors (Lipinski definition) is 2. The Hall–Kier alpha value is -1.36. The minimum absolute atomic E-state index is 0.124. The first-order chi connectivity index (χ1) is 9.99. The third-order valence-corrected chi connectivity index (χ3v) is 5.33. The fourth-order valence-corrected chi connectivity index (χ4v) is 4.17. The van der Waals surface area contributed by atoms with Gasteiger partial charge in [-0.3, -0.25) is 4.79 Å². The second-order valence-electron chi connectivity index (χ2n) is 6.05. The largest absolute Gasteiger partial charge is 0.480 e. The Kier molecular flexibility index (Phi) is 3.78. The van der Waals surface area contributed by atoms with Gasteiger partial charge in [-0.1, -0.05) is 28.4 Å². The number of aryl methyl sites for hydroxylation is 1. The number of benzene rings is 1. The standard InChI is InChI=1S/C16H18BrNO3/c1-9-5-6-11(17)7-13(9)15(19)18-8-10-3-2-4-12(10)14(18)16(20)21/h5-7,10,12,14H,2-4,8H2,1H3,(H,20,21). The van der Waals surface area contributed by atoms with Crippen molar-refractivity contribution in [3.63, 3.8) is 0 Å². The number of carboxylic acid groups (broad SMARTS) is 1. The number of likely N-dealkylation sites (tertiary alicyclic amines) is 1. The van der Waals surface area contributed by atoms with Gasteiger partial charge < -0.3 is 10.0 Å². The van der Waals surface area contributed by atoms with Crippen LogP contribution in [0.25, 0.3) is 0 Å². The van der Waals surface area contributed by atoms with E-state index >= 15 is 0 Å². The van der Waals surface area contributed by atoms with Crippen LogP contribution in [0.15, 0.2) is 22.7 Å². The van der Waals surface area contributed by atoms with E-state index in [2.05, 4.69) is 15.9 Å². The lowest BCUT2D eigenvalue weighted by molar-refractivity contribution is -0.142. The summed E-state index contributed by atoms with van der Waals surface area (Å²) in [5.74, 6) is -0.553. The molecule has 1 aliphatic carbocycles. The van der Waals surface area contributed by atoms with Crippen LogP contribution >= 0.6 is 15.9 Å². The van der Waals surface area contributed by atoms with Gasteiger partial charge in [0.2, 0.25) is 0 Å². The van der Waals surface area contributed by atoms with Gasteiger partial charge in [-0.2, -0.15) is 0 Å². The van der Waals surface area contributed by atoms with Gasteiger partial charge >= 0.3 is 5.97 Å². The molecule has 2 aliphatic rings. The Bertz CT molecular complexity index is 601. The average molecular weight is 352 g/mol. The van der Waals surface area contributed by atoms with E-state index < -0.39 is 12.0 Å². The van der Waals surface area contributed by atoms with Crippen molar-refractivity contribution in [1.29, 1.82) is 0 Å². The monoisotopic (exact) mass is 351 g/mol. The molecule has 0 bridgehead atoms. The zero-order valence-electron chi connectivity index (χ0n) is 11.9. The number of carboxylic acids is 1. The number of carbonyl (C=O) groups is 2. The van der Waals surface area contributed by atoms with Gasteiger partial charge in [0.1, 0.15) is 6.04 Å². The van der Waals surface area contributed by atoms with E-state index in [1.165, 1.54) is 0 Å². The van der Waals surface area contributed by atoms with Crippen LogP contribution in [-0.2, 0) is 4.79 Å². The van der Waals surface area contributed by atoms with E-state index in [1.807, 2.05) is 19.1 Å². The quantitative estimate of drug-likeness (QED) is 0.890. The summed E-state index contributed by atoms with van der Waals surface area (Å²) in [6.45, 7) is 2.46. The predicted octanol–water partition coefficient (Wildman–Crippen LogP) is 3.08. The molecular weight excluding hydrogens is 334 g/mol. The van der Waals surface area contributed by atoms with Crippen molar-refractivity contribution in [1.82, 2.24) is 4.90 Å². The highest BCUT2D eigenvalue weighted by Gasteiger charge is 2.49. The van der Waals surface area contributed by atoms with E-state index in [0.717, 1.165) is 29.3 Å². The normalized spacial score (nSPS) is 27.7. The van der Waals surface area contributed by atoms with Gasteiger partial charge in [-0.25, -0.2) is 4.79 Å². The van der Waals surface area contributed by atoms with Crippen molar-refractivity contribution in [2.75, 3.05) is 6.54 Å². The molecule has 0 aromatic heterocycles. The molecule has 0 spiro atoms. The molecule has 4 nitrogen and oxygen atoms in total. The van der Waals surface area contributed by atoms with Gasteiger partial charge in [0.05, 0.1) is 0 Å². The topological polar surface area (TPSA) is 57.6 Å². The van der Waals surface area contributed by atoms with Crippen molar-refractivity contribution >= 4 is 27.8 Å². The van der Waals surface area contributed by atoms with Gasteiger partial charge in [-0.05, 0) is 49.3 Å². The Morgan fingerprint density at radius 1 is 1.33 bits per heavy atom. The van der Waals surface area contributed by atoms with E-state index in [9.17, 15) is 14.7 Å². The summed E-state index contributed by atoms with van der Waals surface area (Å²) in [4.78, 5) is 26.0. The third-order valence-electron chi connectivity index (χ3n) is 4.83. The Morgan fingerprint density at radius 2 is 2.10 bits per heavy atom.